The summed E-state index contributed by atoms with van der Waals surface area (Å²) in [6, 6.07) is 12.7. The molecule has 2 aromatic rings. The number of thiocyanates is 1. The van der Waals surface area contributed by atoms with Crippen LogP contribution in [0.2, 0.25) is 0 Å². The van der Waals surface area contributed by atoms with Crippen LogP contribution in [0.15, 0.2) is 41.3 Å². The minimum Gasteiger partial charge on any atom is -0.185 e. The Hall–Kier alpha value is -1.46. The lowest BCUT2D eigenvalue weighted by Crippen LogP contribution is -1.84. The van der Waals surface area contributed by atoms with Crippen LogP contribution in [0.3, 0.4) is 0 Å². The molecule has 0 amide bonds. The zero-order chi connectivity index (χ0) is 13.0. The third-order valence-corrected chi connectivity index (χ3v) is 3.76. The molecule has 1 aliphatic rings. The maximum absolute atomic E-state index is 8.78. The molecule has 0 saturated heterocycles. The van der Waals surface area contributed by atoms with E-state index in [4.69, 9.17) is 5.26 Å². The molecule has 0 spiro atoms. The molecule has 1 fully saturated rings. The van der Waals surface area contributed by atoms with Crippen LogP contribution in [-0.2, 0) is 0 Å². The molecule has 0 atom stereocenters. The molecule has 0 unspecified atom stereocenters. The molecule has 0 aliphatic heterocycles. The number of rotatable bonds is 2. The van der Waals surface area contributed by atoms with Crippen molar-refractivity contribution in [1.29, 1.82) is 5.26 Å². The molecule has 1 nitrogen and oxygen atoms in total. The molecule has 0 aromatic heterocycles. The Bertz CT molecular complexity index is 579. The standard InChI is InChI=1S/C14H11NS.C2H6/c15-9-16-14-8-7-11(10-5-6-10)12-3-1-2-4-13(12)14;1-2/h1-4,7-8,10H,5-6H2;1-2H3. The second kappa shape index (κ2) is 5.93. The molecule has 3 rings (SSSR count). The van der Waals surface area contributed by atoms with Crippen LogP contribution in [0.4, 0.5) is 0 Å². The summed E-state index contributed by atoms with van der Waals surface area (Å²) in [6.07, 6.45) is 2.63. The third-order valence-electron chi connectivity index (χ3n) is 3.09. The minimum atomic E-state index is 0.756. The van der Waals surface area contributed by atoms with Crippen molar-refractivity contribution < 1.29 is 0 Å². The van der Waals surface area contributed by atoms with Crippen LogP contribution < -0.4 is 0 Å². The van der Waals surface area contributed by atoms with E-state index in [1.54, 1.807) is 0 Å². The van der Waals surface area contributed by atoms with Gasteiger partial charge in [-0.15, -0.1) is 0 Å². The Morgan fingerprint density at radius 1 is 1.06 bits per heavy atom. The van der Waals surface area contributed by atoms with Gasteiger partial charge < -0.3 is 0 Å². The number of fused-ring (bicyclic) bond motifs is 1. The van der Waals surface area contributed by atoms with Crippen molar-refractivity contribution in [1.82, 2.24) is 0 Å². The number of thioether (sulfide) groups is 1. The molecule has 0 bridgehead atoms. The van der Waals surface area contributed by atoms with Gasteiger partial charge in [0.2, 0.25) is 0 Å². The van der Waals surface area contributed by atoms with Gasteiger partial charge in [-0.1, -0.05) is 44.2 Å². The monoisotopic (exact) mass is 255 g/mol. The number of hydrogen-bond donors (Lipinski definition) is 0. The van der Waals surface area contributed by atoms with E-state index in [2.05, 4.69) is 35.7 Å². The highest BCUT2D eigenvalue weighted by Gasteiger charge is 2.25. The van der Waals surface area contributed by atoms with Gasteiger partial charge in [-0.3, -0.25) is 0 Å². The molecule has 0 radical (unpaired) electrons. The van der Waals surface area contributed by atoms with Crippen molar-refractivity contribution in [2.75, 3.05) is 0 Å². The van der Waals surface area contributed by atoms with Crippen LogP contribution in [-0.4, -0.2) is 0 Å². The number of hydrogen-bond acceptors (Lipinski definition) is 2. The summed E-state index contributed by atoms with van der Waals surface area (Å²) >= 11 is 1.25. The van der Waals surface area contributed by atoms with Gasteiger partial charge in [0.05, 0.1) is 0 Å². The van der Waals surface area contributed by atoms with E-state index in [0.717, 1.165) is 10.8 Å². The molecule has 0 heterocycles. The Kier molecular flexibility index (Phi) is 4.28. The minimum absolute atomic E-state index is 0.756. The summed E-state index contributed by atoms with van der Waals surface area (Å²) < 4.78 is 0. The average Bonchev–Trinajstić information content (AvgIpc) is 3.26. The molecular weight excluding hydrogens is 238 g/mol. The van der Waals surface area contributed by atoms with Gasteiger partial charge >= 0.3 is 0 Å². The summed E-state index contributed by atoms with van der Waals surface area (Å²) in [6.45, 7) is 4.00. The first-order valence-corrected chi connectivity index (χ1v) is 7.29. The lowest BCUT2D eigenvalue weighted by Gasteiger charge is -2.07. The van der Waals surface area contributed by atoms with E-state index in [-0.39, 0.29) is 0 Å². The zero-order valence-electron chi connectivity index (χ0n) is 10.8. The molecule has 2 aromatic carbocycles. The topological polar surface area (TPSA) is 23.8 Å². The first-order valence-electron chi connectivity index (χ1n) is 6.48. The zero-order valence-corrected chi connectivity index (χ0v) is 11.6. The summed E-state index contributed by atoms with van der Waals surface area (Å²) in [5.41, 5.74) is 1.46. The van der Waals surface area contributed by atoms with E-state index >= 15 is 0 Å². The highest BCUT2D eigenvalue weighted by molar-refractivity contribution is 8.04. The molecule has 1 aliphatic carbocycles. The largest absolute Gasteiger partial charge is 0.185 e. The number of benzene rings is 2. The molecule has 92 valence electrons. The van der Waals surface area contributed by atoms with Gasteiger partial charge in [0.1, 0.15) is 5.40 Å². The van der Waals surface area contributed by atoms with Gasteiger partial charge in [0.15, 0.2) is 0 Å². The van der Waals surface area contributed by atoms with Gasteiger partial charge in [0, 0.05) is 4.90 Å². The van der Waals surface area contributed by atoms with Crippen LogP contribution >= 0.6 is 11.8 Å². The lowest BCUT2D eigenvalue weighted by molar-refractivity contribution is 1.15. The van der Waals surface area contributed by atoms with Crippen LogP contribution in [0.1, 0.15) is 38.2 Å². The molecule has 1 saturated carbocycles. The van der Waals surface area contributed by atoms with E-state index in [1.165, 1.54) is 40.9 Å². The second-order valence-corrected chi connectivity index (χ2v) is 4.99. The van der Waals surface area contributed by atoms with Crippen LogP contribution in [0.5, 0.6) is 0 Å². The van der Waals surface area contributed by atoms with Gasteiger partial charge in [-0.2, -0.15) is 5.26 Å². The van der Waals surface area contributed by atoms with Crippen molar-refractivity contribution in [2.24, 2.45) is 0 Å². The van der Waals surface area contributed by atoms with Crippen LogP contribution in [0.25, 0.3) is 10.8 Å². The van der Waals surface area contributed by atoms with E-state index < -0.39 is 0 Å². The highest BCUT2D eigenvalue weighted by atomic mass is 32.2. The van der Waals surface area contributed by atoms with Crippen molar-refractivity contribution >= 4 is 22.5 Å². The Labute approximate surface area is 113 Å². The highest BCUT2D eigenvalue weighted by Crippen LogP contribution is 2.44. The van der Waals surface area contributed by atoms with Gasteiger partial charge in [0.25, 0.3) is 0 Å². The van der Waals surface area contributed by atoms with Crippen LogP contribution in [0, 0.1) is 10.7 Å². The maximum atomic E-state index is 8.78. The summed E-state index contributed by atoms with van der Waals surface area (Å²) in [5.74, 6) is 0.756. The molecule has 2 heteroatoms. The summed E-state index contributed by atoms with van der Waals surface area (Å²) in [7, 11) is 0. The normalized spacial score (nSPS) is 13.6. The molecule has 18 heavy (non-hydrogen) atoms. The Morgan fingerprint density at radius 2 is 1.72 bits per heavy atom. The summed E-state index contributed by atoms with van der Waals surface area (Å²) in [5, 5.41) is 13.5. The van der Waals surface area contributed by atoms with E-state index in [1.807, 2.05) is 19.9 Å². The van der Waals surface area contributed by atoms with Crippen molar-refractivity contribution in [3.05, 3.63) is 42.0 Å². The lowest BCUT2D eigenvalue weighted by atomic mass is 10.0. The fourth-order valence-corrected chi connectivity index (χ4v) is 2.71. The number of nitriles is 1. The van der Waals surface area contributed by atoms with Crippen molar-refractivity contribution in [3.63, 3.8) is 0 Å². The molecular formula is C16H17NS. The first kappa shape index (κ1) is 13.0. The Morgan fingerprint density at radius 3 is 2.33 bits per heavy atom. The molecule has 0 N–H and O–H groups in total. The predicted molar refractivity (Wildman–Crippen MR) is 78.7 cm³/mol. The number of nitrogens with zero attached hydrogens (tertiary/aromatic N) is 1. The van der Waals surface area contributed by atoms with Crippen molar-refractivity contribution in [2.45, 2.75) is 37.5 Å². The van der Waals surface area contributed by atoms with Gasteiger partial charge in [-0.05, 0) is 52.9 Å². The predicted octanol–water partition coefficient (Wildman–Crippen LogP) is 5.32. The smallest absolute Gasteiger partial charge is 0.138 e. The SMILES string of the molecule is CC.N#CSc1ccc(C2CC2)c2ccccc12. The second-order valence-electron chi connectivity index (χ2n) is 4.17. The maximum Gasteiger partial charge on any atom is 0.138 e. The fourth-order valence-electron chi connectivity index (χ4n) is 2.18. The summed E-state index contributed by atoms with van der Waals surface area (Å²) in [4.78, 5) is 1.07. The third kappa shape index (κ3) is 2.52. The Balaban J connectivity index is 0.000000574. The van der Waals surface area contributed by atoms with Gasteiger partial charge in [-0.25, -0.2) is 0 Å². The van der Waals surface area contributed by atoms with E-state index in [9.17, 15) is 0 Å². The first-order chi connectivity index (χ1) is 8.90. The van der Waals surface area contributed by atoms with Crippen molar-refractivity contribution in [3.8, 4) is 5.40 Å². The van der Waals surface area contributed by atoms with E-state index in [0.29, 0.717) is 0 Å². The average molecular weight is 255 g/mol. The quantitative estimate of drug-likeness (QED) is 0.536. The fraction of sp³-hybridized carbons (Fsp3) is 0.312.